The van der Waals surface area contributed by atoms with Crippen LogP contribution in [0.5, 0.6) is 0 Å². The van der Waals surface area contributed by atoms with E-state index in [0.717, 1.165) is 22.5 Å². The number of nitriles is 1. The molecule has 156 valence electrons. The normalized spacial score (nSPS) is 11.4. The second-order valence-corrected chi connectivity index (χ2v) is 9.28. The zero-order valence-corrected chi connectivity index (χ0v) is 17.7. The molecule has 0 bridgehead atoms. The lowest BCUT2D eigenvalue weighted by molar-refractivity contribution is -0.120. The smallest absolute Gasteiger partial charge is 0.220 e. The van der Waals surface area contributed by atoms with Crippen LogP contribution in [0.1, 0.15) is 34.5 Å². The summed E-state index contributed by atoms with van der Waals surface area (Å²) in [4.78, 5) is 16.7. The van der Waals surface area contributed by atoms with Gasteiger partial charge in [0.05, 0.1) is 17.7 Å². The molecule has 9 heteroatoms. The van der Waals surface area contributed by atoms with Gasteiger partial charge in [0.15, 0.2) is 15.5 Å². The van der Waals surface area contributed by atoms with Gasteiger partial charge in [-0.3, -0.25) is 4.79 Å². The minimum absolute atomic E-state index is 0.0393. The van der Waals surface area contributed by atoms with Gasteiger partial charge in [0, 0.05) is 24.4 Å². The van der Waals surface area contributed by atoms with Crippen LogP contribution in [0.2, 0.25) is 0 Å². The molecule has 1 N–H and O–H groups in total. The maximum absolute atomic E-state index is 12.2. The van der Waals surface area contributed by atoms with Crippen LogP contribution in [0.4, 0.5) is 0 Å². The Kier molecular flexibility index (Phi) is 6.47. The zero-order chi connectivity index (χ0) is 21.7. The van der Waals surface area contributed by atoms with Crippen LogP contribution in [0.3, 0.4) is 0 Å². The van der Waals surface area contributed by atoms with E-state index in [0.29, 0.717) is 17.6 Å². The Morgan fingerprint density at radius 1 is 1.23 bits per heavy atom. The molecule has 2 aromatic heterocycles. The van der Waals surface area contributed by atoms with Gasteiger partial charge in [-0.1, -0.05) is 30.3 Å². The number of aromatic nitrogens is 3. The van der Waals surface area contributed by atoms with Crippen LogP contribution < -0.4 is 5.32 Å². The molecule has 0 saturated carbocycles. The van der Waals surface area contributed by atoms with E-state index in [1.165, 1.54) is 6.20 Å². The highest BCUT2D eigenvalue weighted by Gasteiger charge is 2.16. The molecule has 0 fully saturated rings. The molecule has 3 aromatic rings. The maximum atomic E-state index is 12.2. The average Bonchev–Trinajstić information content (AvgIpc) is 3.11. The number of nitrogens with one attached hydrogen (secondary N) is 1. The largest absolute Gasteiger partial charge is 0.355 e. The minimum Gasteiger partial charge on any atom is -0.355 e. The van der Waals surface area contributed by atoms with Gasteiger partial charge < -0.3 is 5.32 Å². The molecule has 0 saturated heterocycles. The van der Waals surface area contributed by atoms with Crippen molar-refractivity contribution < 1.29 is 13.2 Å². The second kappa shape index (κ2) is 9.05. The van der Waals surface area contributed by atoms with Gasteiger partial charge in [0.25, 0.3) is 0 Å². The third-order valence-electron chi connectivity index (χ3n) is 4.90. The summed E-state index contributed by atoms with van der Waals surface area (Å²) < 4.78 is 26.0. The lowest BCUT2D eigenvalue weighted by Crippen LogP contribution is -2.29. The van der Waals surface area contributed by atoms with E-state index in [9.17, 15) is 13.2 Å². The average molecular weight is 426 g/mol. The second-order valence-electron chi connectivity index (χ2n) is 7.09. The van der Waals surface area contributed by atoms with Gasteiger partial charge in [0.1, 0.15) is 11.6 Å². The molecule has 0 radical (unpaired) electrons. The first-order valence-electron chi connectivity index (χ1n) is 9.55. The van der Waals surface area contributed by atoms with E-state index >= 15 is 0 Å². The fraction of sp³-hybridized carbons (Fsp3) is 0.333. The van der Waals surface area contributed by atoms with Crippen LogP contribution in [-0.4, -0.2) is 41.2 Å². The first-order valence-corrected chi connectivity index (χ1v) is 11.4. The van der Waals surface area contributed by atoms with Crippen molar-refractivity contribution in [2.24, 2.45) is 0 Å². The van der Waals surface area contributed by atoms with Gasteiger partial charge in [-0.25, -0.2) is 17.9 Å². The number of carbonyl (C=O) groups is 1. The molecule has 0 aliphatic rings. The SMILES string of the molecule is Cc1nc2c(C#N)cnn2c(C)c1CCC(=O)NCCS(=O)(=O)Cc1ccccc1. The van der Waals surface area contributed by atoms with Crippen LogP contribution in [-0.2, 0) is 26.8 Å². The molecule has 0 unspecified atom stereocenters. The number of amides is 1. The lowest BCUT2D eigenvalue weighted by Gasteiger charge is -2.11. The topological polar surface area (TPSA) is 117 Å². The van der Waals surface area contributed by atoms with Crippen molar-refractivity contribution >= 4 is 21.4 Å². The van der Waals surface area contributed by atoms with Crippen LogP contribution in [0.25, 0.3) is 5.65 Å². The number of rotatable bonds is 8. The van der Waals surface area contributed by atoms with E-state index < -0.39 is 9.84 Å². The fourth-order valence-corrected chi connectivity index (χ4v) is 4.58. The summed E-state index contributed by atoms with van der Waals surface area (Å²) in [6, 6.07) is 11.0. The Morgan fingerprint density at radius 3 is 2.67 bits per heavy atom. The van der Waals surface area contributed by atoms with Gasteiger partial charge >= 0.3 is 0 Å². The molecule has 3 rings (SSSR count). The number of carbonyl (C=O) groups excluding carboxylic acids is 1. The highest BCUT2D eigenvalue weighted by atomic mass is 32.2. The monoisotopic (exact) mass is 425 g/mol. The number of hydrogen-bond donors (Lipinski definition) is 1. The molecule has 0 aliphatic carbocycles. The van der Waals surface area contributed by atoms with Crippen molar-refractivity contribution in [1.29, 1.82) is 5.26 Å². The predicted octanol–water partition coefficient (Wildman–Crippen LogP) is 1.88. The van der Waals surface area contributed by atoms with Crippen molar-refractivity contribution in [2.75, 3.05) is 12.3 Å². The van der Waals surface area contributed by atoms with E-state index in [-0.39, 0.29) is 30.4 Å². The molecule has 1 amide bonds. The van der Waals surface area contributed by atoms with Gasteiger partial charge in [-0.05, 0) is 31.4 Å². The van der Waals surface area contributed by atoms with E-state index in [1.807, 2.05) is 19.9 Å². The summed E-state index contributed by atoms with van der Waals surface area (Å²) in [5.74, 6) is -0.367. The molecule has 1 aromatic carbocycles. The van der Waals surface area contributed by atoms with Crippen molar-refractivity contribution in [3.05, 3.63) is 64.6 Å². The molecular formula is C21H23N5O3S. The maximum Gasteiger partial charge on any atom is 0.220 e. The Hall–Kier alpha value is -3.25. The first-order chi connectivity index (χ1) is 14.3. The van der Waals surface area contributed by atoms with Crippen LogP contribution in [0.15, 0.2) is 36.5 Å². The molecule has 2 heterocycles. The van der Waals surface area contributed by atoms with E-state index in [2.05, 4.69) is 21.5 Å². The number of nitrogens with zero attached hydrogens (tertiary/aromatic N) is 4. The summed E-state index contributed by atoms with van der Waals surface area (Å²) in [6.45, 7) is 3.79. The van der Waals surface area contributed by atoms with Crippen molar-refractivity contribution in [2.45, 2.75) is 32.4 Å². The van der Waals surface area contributed by atoms with E-state index in [4.69, 9.17) is 5.26 Å². The summed E-state index contributed by atoms with van der Waals surface area (Å²) >= 11 is 0. The fourth-order valence-electron chi connectivity index (χ4n) is 3.32. The lowest BCUT2D eigenvalue weighted by atomic mass is 10.1. The molecule has 8 nitrogen and oxygen atoms in total. The third kappa shape index (κ3) is 5.02. The van der Waals surface area contributed by atoms with Crippen molar-refractivity contribution in [3.8, 4) is 6.07 Å². The standard InChI is InChI=1S/C21H23N5O3S/c1-15-19(16(2)26-21(25-15)18(12-22)13-24-26)8-9-20(27)23-10-11-30(28,29)14-17-6-4-3-5-7-17/h3-7,13H,8-11,14H2,1-2H3,(H,23,27). The summed E-state index contributed by atoms with van der Waals surface area (Å²) in [5, 5.41) is 16.0. The van der Waals surface area contributed by atoms with Crippen molar-refractivity contribution in [3.63, 3.8) is 0 Å². The highest BCUT2D eigenvalue weighted by molar-refractivity contribution is 7.90. The zero-order valence-electron chi connectivity index (χ0n) is 16.9. The van der Waals surface area contributed by atoms with Gasteiger partial charge in [-0.2, -0.15) is 10.4 Å². The van der Waals surface area contributed by atoms with Crippen molar-refractivity contribution in [1.82, 2.24) is 19.9 Å². The molecule has 30 heavy (non-hydrogen) atoms. The van der Waals surface area contributed by atoms with Gasteiger partial charge in [0.2, 0.25) is 5.91 Å². The number of aryl methyl sites for hydroxylation is 2. The van der Waals surface area contributed by atoms with Gasteiger partial charge in [-0.15, -0.1) is 0 Å². The Labute approximate surface area is 175 Å². The van der Waals surface area contributed by atoms with E-state index in [1.54, 1.807) is 28.8 Å². The Bertz CT molecular complexity index is 1210. The Morgan fingerprint density at radius 2 is 1.97 bits per heavy atom. The predicted molar refractivity (Wildman–Crippen MR) is 112 cm³/mol. The number of sulfone groups is 1. The number of fused-ring (bicyclic) bond motifs is 1. The Balaban J connectivity index is 1.54. The summed E-state index contributed by atoms with van der Waals surface area (Å²) in [7, 11) is -3.30. The first kappa shape index (κ1) is 21.5. The summed E-state index contributed by atoms with van der Waals surface area (Å²) in [6.07, 6.45) is 2.13. The third-order valence-corrected chi connectivity index (χ3v) is 6.50. The van der Waals surface area contributed by atoms with Crippen LogP contribution in [0, 0.1) is 25.2 Å². The number of hydrogen-bond acceptors (Lipinski definition) is 6. The quantitative estimate of drug-likeness (QED) is 0.589. The summed E-state index contributed by atoms with van der Waals surface area (Å²) in [5.41, 5.74) is 4.11. The molecule has 0 aliphatic heterocycles. The minimum atomic E-state index is -3.30. The highest BCUT2D eigenvalue weighted by Crippen LogP contribution is 2.18. The molecular weight excluding hydrogens is 402 g/mol. The number of benzene rings is 1. The molecule has 0 spiro atoms. The molecule has 0 atom stereocenters. The van der Waals surface area contributed by atoms with Crippen LogP contribution >= 0.6 is 0 Å².